The number of carbonyl (C=O) groups excluding carboxylic acids is 1. The lowest BCUT2D eigenvalue weighted by molar-refractivity contribution is 0.0918. The maximum atomic E-state index is 12.7. The van der Waals surface area contributed by atoms with Gasteiger partial charge < -0.3 is 20.1 Å². The van der Waals surface area contributed by atoms with E-state index in [1.165, 1.54) is 6.33 Å². The number of nitrogens with one attached hydrogen (secondary N) is 1. The summed E-state index contributed by atoms with van der Waals surface area (Å²) in [6.45, 7) is 3.59. The Balaban J connectivity index is 1.72. The summed E-state index contributed by atoms with van der Waals surface area (Å²) in [6.07, 6.45) is 3.17. The average molecular weight is 342 g/mol. The van der Waals surface area contributed by atoms with Crippen molar-refractivity contribution in [3.05, 3.63) is 48.4 Å². The van der Waals surface area contributed by atoms with E-state index in [2.05, 4.69) is 15.3 Å². The number of benzene rings is 1. The maximum Gasteiger partial charge on any atom is 0.255 e. The van der Waals surface area contributed by atoms with Crippen LogP contribution in [0.1, 0.15) is 17.3 Å². The zero-order chi connectivity index (χ0) is 17.6. The van der Waals surface area contributed by atoms with Gasteiger partial charge in [-0.15, -0.1) is 0 Å². The fraction of sp³-hybridized carbons (Fsp3) is 0.389. The van der Waals surface area contributed by atoms with Gasteiger partial charge in [0.1, 0.15) is 17.9 Å². The molecule has 2 N–H and O–H groups in total. The summed E-state index contributed by atoms with van der Waals surface area (Å²) in [6, 6.07) is 8.83. The van der Waals surface area contributed by atoms with Crippen molar-refractivity contribution < 1.29 is 14.6 Å². The van der Waals surface area contributed by atoms with Crippen LogP contribution in [-0.2, 0) is 0 Å². The molecular weight excluding hydrogens is 320 g/mol. The summed E-state index contributed by atoms with van der Waals surface area (Å²) in [5, 5.41) is 12.7. The molecule has 0 aliphatic carbocycles. The summed E-state index contributed by atoms with van der Waals surface area (Å²) in [5.41, 5.74) is 0.501. The molecule has 2 heterocycles. The molecule has 1 aromatic heterocycles. The van der Waals surface area contributed by atoms with E-state index in [9.17, 15) is 9.90 Å². The van der Waals surface area contributed by atoms with E-state index < -0.39 is 0 Å². The second-order valence-electron chi connectivity index (χ2n) is 5.92. The molecule has 0 spiro atoms. The third-order valence-corrected chi connectivity index (χ3v) is 4.31. The average Bonchev–Trinajstić information content (AvgIpc) is 3.06. The number of aliphatic hydroxyl groups is 1. The Bertz CT molecular complexity index is 710. The van der Waals surface area contributed by atoms with Gasteiger partial charge in [-0.05, 0) is 25.1 Å². The van der Waals surface area contributed by atoms with Crippen molar-refractivity contribution >= 4 is 11.7 Å². The molecule has 0 radical (unpaired) electrons. The Hall–Kier alpha value is -2.67. The van der Waals surface area contributed by atoms with Crippen molar-refractivity contribution in [1.82, 2.24) is 15.3 Å². The minimum atomic E-state index is -0.197. The fourth-order valence-electron chi connectivity index (χ4n) is 3.06. The molecule has 1 aliphatic heterocycles. The van der Waals surface area contributed by atoms with Crippen LogP contribution in [0.2, 0.25) is 0 Å². The van der Waals surface area contributed by atoms with Gasteiger partial charge in [-0.2, -0.15) is 0 Å². The lowest BCUT2D eigenvalue weighted by atomic mass is 10.0. The van der Waals surface area contributed by atoms with Crippen molar-refractivity contribution in [3.8, 4) is 5.75 Å². The second-order valence-corrected chi connectivity index (χ2v) is 5.92. The number of anilines is 1. The lowest BCUT2D eigenvalue weighted by Gasteiger charge is -2.19. The van der Waals surface area contributed by atoms with E-state index in [1.54, 1.807) is 18.3 Å². The Morgan fingerprint density at radius 1 is 1.36 bits per heavy atom. The largest absolute Gasteiger partial charge is 0.493 e. The van der Waals surface area contributed by atoms with Crippen molar-refractivity contribution in [2.24, 2.45) is 5.92 Å². The van der Waals surface area contributed by atoms with E-state index >= 15 is 0 Å². The van der Waals surface area contributed by atoms with Gasteiger partial charge in [0.2, 0.25) is 0 Å². The first-order valence-electron chi connectivity index (χ1n) is 8.37. The van der Waals surface area contributed by atoms with Crippen molar-refractivity contribution in [2.45, 2.75) is 13.0 Å². The van der Waals surface area contributed by atoms with E-state index in [4.69, 9.17) is 4.74 Å². The van der Waals surface area contributed by atoms with Gasteiger partial charge in [0, 0.05) is 31.8 Å². The van der Waals surface area contributed by atoms with E-state index in [0.717, 1.165) is 5.82 Å². The highest BCUT2D eigenvalue weighted by Crippen LogP contribution is 2.23. The normalized spacial score (nSPS) is 19.7. The van der Waals surface area contributed by atoms with Crippen molar-refractivity contribution in [1.29, 1.82) is 0 Å². The topological polar surface area (TPSA) is 87.6 Å². The van der Waals surface area contributed by atoms with Gasteiger partial charge in [-0.25, -0.2) is 9.97 Å². The lowest BCUT2D eigenvalue weighted by Crippen LogP contribution is -2.41. The summed E-state index contributed by atoms with van der Waals surface area (Å²) < 4.78 is 5.53. The summed E-state index contributed by atoms with van der Waals surface area (Å²) in [5.74, 6) is 1.10. The van der Waals surface area contributed by atoms with Gasteiger partial charge in [0.05, 0.1) is 18.2 Å². The molecule has 1 aliphatic rings. The number of rotatable bonds is 6. The molecule has 7 heteroatoms. The number of ether oxygens (including phenoxy) is 1. The number of aromatic nitrogens is 2. The second kappa shape index (κ2) is 7.94. The summed E-state index contributed by atoms with van der Waals surface area (Å²) >= 11 is 0. The van der Waals surface area contributed by atoms with Gasteiger partial charge in [-0.3, -0.25) is 4.79 Å². The van der Waals surface area contributed by atoms with Crippen LogP contribution >= 0.6 is 0 Å². The van der Waals surface area contributed by atoms with Crippen molar-refractivity contribution in [3.63, 3.8) is 0 Å². The van der Waals surface area contributed by atoms with Crippen LogP contribution in [0.5, 0.6) is 5.75 Å². The van der Waals surface area contributed by atoms with Crippen LogP contribution in [0, 0.1) is 5.92 Å². The fourth-order valence-corrected chi connectivity index (χ4v) is 3.06. The Kier molecular flexibility index (Phi) is 5.45. The number of para-hydroxylation sites is 1. The minimum absolute atomic E-state index is 0.000360. The quantitative estimate of drug-likeness (QED) is 0.817. The number of nitrogens with zero attached hydrogens (tertiary/aromatic N) is 3. The van der Waals surface area contributed by atoms with Crippen LogP contribution < -0.4 is 15.0 Å². The van der Waals surface area contributed by atoms with Gasteiger partial charge in [-0.1, -0.05) is 12.1 Å². The molecule has 1 amide bonds. The smallest absolute Gasteiger partial charge is 0.255 e. The molecule has 132 valence electrons. The molecule has 0 unspecified atom stereocenters. The van der Waals surface area contributed by atoms with Crippen LogP contribution in [0.3, 0.4) is 0 Å². The first-order chi connectivity index (χ1) is 12.2. The maximum absolute atomic E-state index is 12.7. The molecule has 1 aromatic carbocycles. The van der Waals surface area contributed by atoms with Crippen LogP contribution in [0.4, 0.5) is 5.82 Å². The number of hydrogen-bond donors (Lipinski definition) is 2. The first kappa shape index (κ1) is 17.2. The summed E-state index contributed by atoms with van der Waals surface area (Å²) in [4.78, 5) is 22.9. The Morgan fingerprint density at radius 3 is 2.92 bits per heavy atom. The number of carbonyl (C=O) groups is 1. The number of aliphatic hydroxyl groups excluding tert-OH is 1. The van der Waals surface area contributed by atoms with Crippen LogP contribution in [0.25, 0.3) is 0 Å². The minimum Gasteiger partial charge on any atom is -0.493 e. The summed E-state index contributed by atoms with van der Waals surface area (Å²) in [7, 11) is 0. The highest BCUT2D eigenvalue weighted by molar-refractivity contribution is 5.97. The van der Waals surface area contributed by atoms with Gasteiger partial charge >= 0.3 is 0 Å². The van der Waals surface area contributed by atoms with E-state index in [-0.39, 0.29) is 24.5 Å². The van der Waals surface area contributed by atoms with Gasteiger partial charge in [0.15, 0.2) is 0 Å². The molecule has 7 nitrogen and oxygen atoms in total. The molecule has 0 saturated carbocycles. The predicted molar refractivity (Wildman–Crippen MR) is 93.7 cm³/mol. The number of hydrogen-bond acceptors (Lipinski definition) is 6. The standard InChI is InChI=1S/C18H22N4O3/c1-2-25-16-6-4-3-5-14(16)18(24)21-15-10-22(9-13(15)11-23)17-7-8-19-12-20-17/h3-8,12-13,15,23H,2,9-11H2,1H3,(H,21,24)/t13-,15+/m0/s1. The molecule has 1 saturated heterocycles. The molecule has 3 rings (SSSR count). The SMILES string of the molecule is CCOc1ccccc1C(=O)N[C@@H]1CN(c2ccncn2)C[C@H]1CO. The van der Waals surface area contributed by atoms with Gasteiger partial charge in [0.25, 0.3) is 5.91 Å². The highest BCUT2D eigenvalue weighted by Gasteiger charge is 2.34. The number of amides is 1. The van der Waals surface area contributed by atoms with Crippen LogP contribution in [0.15, 0.2) is 42.9 Å². The van der Waals surface area contributed by atoms with E-state index in [1.807, 2.05) is 30.0 Å². The third kappa shape index (κ3) is 3.88. The Morgan fingerprint density at radius 2 is 2.20 bits per heavy atom. The molecule has 0 bridgehead atoms. The predicted octanol–water partition coefficient (Wildman–Crippen LogP) is 1.10. The van der Waals surface area contributed by atoms with Crippen molar-refractivity contribution in [2.75, 3.05) is 31.2 Å². The molecule has 1 fully saturated rings. The highest BCUT2D eigenvalue weighted by atomic mass is 16.5. The van der Waals surface area contributed by atoms with E-state index in [0.29, 0.717) is 31.0 Å². The zero-order valence-electron chi connectivity index (χ0n) is 14.1. The molecule has 25 heavy (non-hydrogen) atoms. The van der Waals surface area contributed by atoms with Crippen LogP contribution in [-0.4, -0.2) is 53.3 Å². The molecule has 2 aromatic rings. The monoisotopic (exact) mass is 342 g/mol. The Labute approximate surface area is 146 Å². The first-order valence-corrected chi connectivity index (χ1v) is 8.37. The molecular formula is C18H22N4O3. The zero-order valence-corrected chi connectivity index (χ0v) is 14.1. The molecule has 2 atom stereocenters. The third-order valence-electron chi connectivity index (χ3n) is 4.31.